The van der Waals surface area contributed by atoms with Gasteiger partial charge >= 0.3 is 5.97 Å². The number of anilines is 3. The standard InChI is InChI=1S/C22H19N3O3S2/c1-2-25(16-11-7-4-8-12-16)19(26)14-28-20(27)18-13-17-21(29-18)30-22(24-17)23-15-9-5-3-6-10-15/h3-13H,2,14H2,1H3,(H,23,24). The van der Waals surface area contributed by atoms with Crippen LogP contribution in [0.4, 0.5) is 16.5 Å². The molecule has 0 aliphatic carbocycles. The van der Waals surface area contributed by atoms with E-state index in [0.717, 1.165) is 26.0 Å². The third-order valence-corrected chi connectivity index (χ3v) is 6.51. The maximum atomic E-state index is 12.5. The van der Waals surface area contributed by atoms with Crippen LogP contribution in [-0.2, 0) is 9.53 Å². The number of carbonyl (C=O) groups is 2. The number of rotatable bonds is 7. The highest BCUT2D eigenvalue weighted by Gasteiger charge is 2.19. The van der Waals surface area contributed by atoms with E-state index in [1.54, 1.807) is 11.0 Å². The van der Waals surface area contributed by atoms with Gasteiger partial charge in [-0.25, -0.2) is 9.78 Å². The molecule has 0 fully saturated rings. The number of likely N-dealkylation sites (N-methyl/N-ethyl adjacent to an activating group) is 1. The van der Waals surface area contributed by atoms with Gasteiger partial charge in [-0.1, -0.05) is 47.7 Å². The number of hydrogen-bond acceptors (Lipinski definition) is 7. The first-order valence-electron chi connectivity index (χ1n) is 9.39. The first-order valence-corrected chi connectivity index (χ1v) is 11.0. The second kappa shape index (κ2) is 9.06. The van der Waals surface area contributed by atoms with Gasteiger partial charge in [-0.15, -0.1) is 11.3 Å². The zero-order valence-corrected chi connectivity index (χ0v) is 17.8. The average molecular weight is 438 g/mol. The molecule has 2 aromatic carbocycles. The van der Waals surface area contributed by atoms with Crippen molar-refractivity contribution in [2.75, 3.05) is 23.4 Å². The molecule has 6 nitrogen and oxygen atoms in total. The van der Waals surface area contributed by atoms with Crippen molar-refractivity contribution in [2.45, 2.75) is 6.92 Å². The summed E-state index contributed by atoms with van der Waals surface area (Å²) in [6.45, 7) is 2.07. The molecule has 4 aromatic rings. The molecule has 0 saturated carbocycles. The van der Waals surface area contributed by atoms with E-state index in [4.69, 9.17) is 4.74 Å². The lowest BCUT2D eigenvalue weighted by Crippen LogP contribution is -2.34. The number of thiazole rings is 1. The smallest absolute Gasteiger partial charge is 0.348 e. The van der Waals surface area contributed by atoms with Gasteiger partial charge in [0.05, 0.1) is 5.52 Å². The summed E-state index contributed by atoms with van der Waals surface area (Å²) in [6, 6.07) is 20.8. The van der Waals surface area contributed by atoms with Gasteiger partial charge in [0.15, 0.2) is 11.7 Å². The van der Waals surface area contributed by atoms with Crippen LogP contribution in [0.15, 0.2) is 66.7 Å². The Hall–Kier alpha value is -3.23. The van der Waals surface area contributed by atoms with Crippen LogP contribution in [0, 0.1) is 0 Å². The third kappa shape index (κ3) is 4.50. The molecule has 2 heterocycles. The molecule has 1 amide bonds. The average Bonchev–Trinajstić information content (AvgIpc) is 3.33. The van der Waals surface area contributed by atoms with Crippen molar-refractivity contribution < 1.29 is 14.3 Å². The molecule has 0 aliphatic rings. The van der Waals surface area contributed by atoms with Crippen molar-refractivity contribution >= 4 is 60.6 Å². The van der Waals surface area contributed by atoms with E-state index in [2.05, 4.69) is 10.3 Å². The summed E-state index contributed by atoms with van der Waals surface area (Å²) < 4.78 is 6.18. The normalized spacial score (nSPS) is 10.7. The minimum absolute atomic E-state index is 0.261. The van der Waals surface area contributed by atoms with Crippen LogP contribution in [0.1, 0.15) is 16.6 Å². The van der Waals surface area contributed by atoms with Gasteiger partial charge in [-0.3, -0.25) is 4.79 Å². The molecule has 8 heteroatoms. The number of ether oxygens (including phenoxy) is 1. The summed E-state index contributed by atoms with van der Waals surface area (Å²) in [5.74, 6) is -0.775. The topological polar surface area (TPSA) is 71.5 Å². The number of hydrogen-bond donors (Lipinski definition) is 1. The minimum Gasteiger partial charge on any atom is -0.451 e. The first-order chi connectivity index (χ1) is 14.6. The van der Waals surface area contributed by atoms with Crippen molar-refractivity contribution in [2.24, 2.45) is 0 Å². The van der Waals surface area contributed by atoms with E-state index in [-0.39, 0.29) is 12.5 Å². The summed E-state index contributed by atoms with van der Waals surface area (Å²) in [7, 11) is 0. The molecular weight excluding hydrogens is 418 g/mol. The Balaban J connectivity index is 1.38. The fourth-order valence-electron chi connectivity index (χ4n) is 2.92. The molecule has 0 spiro atoms. The Morgan fingerprint density at radius 3 is 2.40 bits per heavy atom. The highest BCUT2D eigenvalue weighted by Crippen LogP contribution is 2.35. The van der Waals surface area contributed by atoms with Crippen LogP contribution in [0.25, 0.3) is 9.53 Å². The fourth-order valence-corrected chi connectivity index (χ4v) is 5.01. The van der Waals surface area contributed by atoms with Crippen LogP contribution >= 0.6 is 22.7 Å². The van der Waals surface area contributed by atoms with Crippen LogP contribution < -0.4 is 10.2 Å². The van der Waals surface area contributed by atoms with Crippen LogP contribution in [-0.4, -0.2) is 30.0 Å². The van der Waals surface area contributed by atoms with Gasteiger partial charge in [0.2, 0.25) is 0 Å². The van der Waals surface area contributed by atoms with Crippen LogP contribution in [0.5, 0.6) is 0 Å². The van der Waals surface area contributed by atoms with E-state index in [1.165, 1.54) is 22.7 Å². The van der Waals surface area contributed by atoms with E-state index in [1.807, 2.05) is 67.6 Å². The van der Waals surface area contributed by atoms with E-state index in [9.17, 15) is 9.59 Å². The van der Waals surface area contributed by atoms with Gasteiger partial charge in [0.1, 0.15) is 8.89 Å². The zero-order valence-electron chi connectivity index (χ0n) is 16.2. The number of nitrogens with one attached hydrogen (secondary N) is 1. The summed E-state index contributed by atoms with van der Waals surface area (Å²) in [5.41, 5.74) is 2.47. The van der Waals surface area contributed by atoms with Crippen molar-refractivity contribution in [3.8, 4) is 0 Å². The van der Waals surface area contributed by atoms with Crippen LogP contribution in [0.3, 0.4) is 0 Å². The molecule has 0 unspecified atom stereocenters. The minimum atomic E-state index is -0.514. The SMILES string of the molecule is CCN(C(=O)COC(=O)c1cc2nc(Nc3ccccc3)sc2s1)c1ccccc1. The van der Waals surface area contributed by atoms with Crippen LogP contribution in [0.2, 0.25) is 0 Å². The number of carbonyl (C=O) groups excluding carboxylic acids is 2. The predicted molar refractivity (Wildman–Crippen MR) is 122 cm³/mol. The molecule has 0 saturated heterocycles. The maximum absolute atomic E-state index is 12.5. The second-order valence-electron chi connectivity index (χ2n) is 6.34. The van der Waals surface area contributed by atoms with Gasteiger partial charge < -0.3 is 15.0 Å². The lowest BCUT2D eigenvalue weighted by atomic mass is 10.3. The summed E-state index contributed by atoms with van der Waals surface area (Å²) >= 11 is 2.79. The number of thiophene rings is 1. The van der Waals surface area contributed by atoms with Crippen molar-refractivity contribution in [1.82, 2.24) is 4.98 Å². The summed E-state index contributed by atoms with van der Waals surface area (Å²) in [5, 5.41) is 4.01. The quantitative estimate of drug-likeness (QED) is 0.397. The van der Waals surface area contributed by atoms with E-state index in [0.29, 0.717) is 11.4 Å². The first kappa shape index (κ1) is 20.1. The summed E-state index contributed by atoms with van der Waals surface area (Å²) in [4.78, 5) is 31.4. The van der Waals surface area contributed by atoms with Crippen molar-refractivity contribution in [1.29, 1.82) is 0 Å². The number of para-hydroxylation sites is 2. The van der Waals surface area contributed by atoms with Gasteiger partial charge in [-0.05, 0) is 37.3 Å². The highest BCUT2D eigenvalue weighted by molar-refractivity contribution is 7.40. The lowest BCUT2D eigenvalue weighted by Gasteiger charge is -2.20. The molecule has 0 radical (unpaired) electrons. The number of aromatic nitrogens is 1. The Labute approximate surface area is 181 Å². The predicted octanol–water partition coefficient (Wildman–Crippen LogP) is 5.31. The molecule has 2 aromatic heterocycles. The Morgan fingerprint density at radius 2 is 1.73 bits per heavy atom. The third-order valence-electron chi connectivity index (χ3n) is 4.33. The molecular formula is C22H19N3O3S2. The fraction of sp³-hybridized carbons (Fsp3) is 0.136. The Kier molecular flexibility index (Phi) is 6.06. The molecule has 30 heavy (non-hydrogen) atoms. The molecule has 4 rings (SSSR count). The Morgan fingerprint density at radius 1 is 1.03 bits per heavy atom. The van der Waals surface area contributed by atoms with Crippen molar-refractivity contribution in [3.05, 3.63) is 71.6 Å². The van der Waals surface area contributed by atoms with E-state index < -0.39 is 5.97 Å². The number of nitrogens with zero attached hydrogens (tertiary/aromatic N) is 2. The number of fused-ring (bicyclic) bond motifs is 1. The van der Waals surface area contributed by atoms with Gasteiger partial charge in [0, 0.05) is 17.9 Å². The molecule has 0 aliphatic heterocycles. The monoisotopic (exact) mass is 437 g/mol. The molecule has 0 atom stereocenters. The Bertz CT molecular complexity index is 1120. The lowest BCUT2D eigenvalue weighted by molar-refractivity contribution is -0.121. The molecule has 152 valence electrons. The molecule has 0 bridgehead atoms. The number of benzene rings is 2. The molecule has 1 N–H and O–H groups in total. The summed E-state index contributed by atoms with van der Waals surface area (Å²) in [6.07, 6.45) is 0. The zero-order chi connectivity index (χ0) is 20.9. The number of amides is 1. The van der Waals surface area contributed by atoms with Gasteiger partial charge in [0.25, 0.3) is 5.91 Å². The maximum Gasteiger partial charge on any atom is 0.348 e. The number of esters is 1. The largest absolute Gasteiger partial charge is 0.451 e. The van der Waals surface area contributed by atoms with Gasteiger partial charge in [-0.2, -0.15) is 0 Å². The highest BCUT2D eigenvalue weighted by atomic mass is 32.2. The van der Waals surface area contributed by atoms with Crippen molar-refractivity contribution in [3.63, 3.8) is 0 Å². The van der Waals surface area contributed by atoms with E-state index >= 15 is 0 Å². The second-order valence-corrected chi connectivity index (χ2v) is 8.65.